The van der Waals surface area contributed by atoms with Crippen molar-refractivity contribution in [3.63, 3.8) is 0 Å². The van der Waals surface area contributed by atoms with Gasteiger partial charge in [-0.05, 0) is 18.6 Å². The van der Waals surface area contributed by atoms with Gasteiger partial charge in [-0.3, -0.25) is 4.79 Å². The number of para-hydroxylation sites is 2. The predicted octanol–water partition coefficient (Wildman–Crippen LogP) is 2.11. The van der Waals surface area contributed by atoms with Crippen LogP contribution in [0.25, 0.3) is 0 Å². The third-order valence-corrected chi connectivity index (χ3v) is 3.35. The van der Waals surface area contributed by atoms with Gasteiger partial charge in [-0.2, -0.15) is 13.2 Å². The predicted molar refractivity (Wildman–Crippen MR) is 70.5 cm³/mol. The lowest BCUT2D eigenvalue weighted by Crippen LogP contribution is -2.59. The number of anilines is 2. The van der Waals surface area contributed by atoms with Crippen molar-refractivity contribution in [2.24, 2.45) is 5.73 Å². The van der Waals surface area contributed by atoms with Crippen LogP contribution in [0.5, 0.6) is 0 Å². The first-order valence-electron chi connectivity index (χ1n) is 6.32. The number of hydrogen-bond donors (Lipinski definition) is 2. The van der Waals surface area contributed by atoms with E-state index in [-0.39, 0.29) is 13.0 Å². The fraction of sp³-hybridized carbons (Fsp3) is 0.462. The van der Waals surface area contributed by atoms with Crippen molar-refractivity contribution in [1.82, 2.24) is 0 Å². The van der Waals surface area contributed by atoms with Gasteiger partial charge in [0.25, 0.3) is 0 Å². The van der Waals surface area contributed by atoms with Crippen LogP contribution in [0.1, 0.15) is 13.3 Å². The molecule has 0 radical (unpaired) electrons. The van der Waals surface area contributed by atoms with Crippen molar-refractivity contribution < 1.29 is 18.0 Å². The van der Waals surface area contributed by atoms with E-state index in [0.717, 1.165) is 4.90 Å². The van der Waals surface area contributed by atoms with Crippen molar-refractivity contribution in [1.29, 1.82) is 0 Å². The number of rotatable bonds is 3. The Bertz CT molecular complexity index is 504. The molecule has 0 spiro atoms. The van der Waals surface area contributed by atoms with Crippen molar-refractivity contribution >= 4 is 17.3 Å². The molecule has 110 valence electrons. The number of hydrogen-bond acceptors (Lipinski definition) is 3. The number of nitrogens with one attached hydrogen (secondary N) is 1. The summed E-state index contributed by atoms with van der Waals surface area (Å²) in [5.41, 5.74) is 6.37. The summed E-state index contributed by atoms with van der Waals surface area (Å²) in [6.07, 6.45) is -4.33. The van der Waals surface area contributed by atoms with Gasteiger partial charge >= 0.3 is 6.18 Å². The molecular formula is C13H16F3N3O. The van der Waals surface area contributed by atoms with Gasteiger partial charge in [0.15, 0.2) is 0 Å². The van der Waals surface area contributed by atoms with Gasteiger partial charge in [0.1, 0.15) is 6.04 Å². The lowest BCUT2D eigenvalue weighted by Gasteiger charge is -2.40. The molecule has 1 amide bonds. The van der Waals surface area contributed by atoms with Crippen LogP contribution in [0, 0.1) is 0 Å². The number of halogens is 3. The third-order valence-electron chi connectivity index (χ3n) is 3.35. The Kier molecular flexibility index (Phi) is 3.89. The molecule has 7 heteroatoms. The number of nitrogens with zero attached hydrogens (tertiary/aromatic N) is 1. The monoisotopic (exact) mass is 287 g/mol. The van der Waals surface area contributed by atoms with E-state index >= 15 is 0 Å². The minimum Gasteiger partial charge on any atom is -0.347 e. The van der Waals surface area contributed by atoms with Gasteiger partial charge in [0, 0.05) is 6.04 Å². The summed E-state index contributed by atoms with van der Waals surface area (Å²) >= 11 is 0. The molecule has 1 heterocycles. The SMILES string of the molecule is CCC(N)C(N1CC(=O)Nc2ccccc21)C(F)(F)F. The zero-order valence-electron chi connectivity index (χ0n) is 10.9. The standard InChI is InChI=1S/C13H16F3N3O/c1-2-8(17)12(13(14,15)16)19-7-11(20)18-9-5-3-4-6-10(9)19/h3-6,8,12H,2,7,17H2,1H3,(H,18,20). The van der Waals surface area contributed by atoms with Gasteiger partial charge in [-0.1, -0.05) is 19.1 Å². The zero-order valence-corrected chi connectivity index (χ0v) is 10.9. The van der Waals surface area contributed by atoms with Crippen LogP contribution >= 0.6 is 0 Å². The Morgan fingerprint density at radius 3 is 2.65 bits per heavy atom. The number of alkyl halides is 3. The normalized spacial score (nSPS) is 18.2. The summed E-state index contributed by atoms with van der Waals surface area (Å²) in [5.74, 6) is -0.471. The quantitative estimate of drug-likeness (QED) is 0.895. The highest BCUT2D eigenvalue weighted by Crippen LogP contribution is 2.36. The summed E-state index contributed by atoms with van der Waals surface area (Å²) < 4.78 is 39.9. The highest BCUT2D eigenvalue weighted by Gasteiger charge is 2.48. The van der Waals surface area contributed by atoms with E-state index < -0.39 is 24.2 Å². The maximum atomic E-state index is 13.3. The molecule has 3 N–H and O–H groups in total. The van der Waals surface area contributed by atoms with Crippen molar-refractivity contribution in [2.75, 3.05) is 16.8 Å². The smallest absolute Gasteiger partial charge is 0.347 e. The fourth-order valence-corrected chi connectivity index (χ4v) is 2.38. The summed E-state index contributed by atoms with van der Waals surface area (Å²) in [5, 5.41) is 2.56. The summed E-state index contributed by atoms with van der Waals surface area (Å²) in [6, 6.07) is 3.45. The van der Waals surface area contributed by atoms with E-state index in [1.807, 2.05) is 0 Å². The Hall–Kier alpha value is -1.76. The number of amides is 1. The molecular weight excluding hydrogens is 271 g/mol. The Morgan fingerprint density at radius 2 is 2.05 bits per heavy atom. The van der Waals surface area contributed by atoms with E-state index in [2.05, 4.69) is 5.32 Å². The van der Waals surface area contributed by atoms with E-state index in [9.17, 15) is 18.0 Å². The van der Waals surface area contributed by atoms with Gasteiger partial charge in [0.2, 0.25) is 5.91 Å². The number of benzene rings is 1. The Labute approximate surface area is 114 Å². The topological polar surface area (TPSA) is 58.4 Å². The summed E-state index contributed by atoms with van der Waals surface area (Å²) in [7, 11) is 0. The number of carbonyl (C=O) groups excluding carboxylic acids is 1. The highest BCUT2D eigenvalue weighted by atomic mass is 19.4. The number of fused-ring (bicyclic) bond motifs is 1. The lowest BCUT2D eigenvalue weighted by molar-refractivity contribution is -0.153. The molecule has 0 saturated heterocycles. The molecule has 2 atom stereocenters. The first-order chi connectivity index (χ1) is 9.34. The van der Waals surface area contributed by atoms with Gasteiger partial charge in [0.05, 0.1) is 17.9 Å². The van der Waals surface area contributed by atoms with Crippen molar-refractivity contribution in [3.05, 3.63) is 24.3 Å². The molecule has 0 aromatic heterocycles. The minimum absolute atomic E-state index is 0.171. The Morgan fingerprint density at radius 1 is 1.40 bits per heavy atom. The van der Waals surface area contributed by atoms with Crippen molar-refractivity contribution in [3.8, 4) is 0 Å². The fourth-order valence-electron chi connectivity index (χ4n) is 2.38. The van der Waals surface area contributed by atoms with Crippen LogP contribution in [0.3, 0.4) is 0 Å². The van der Waals surface area contributed by atoms with Crippen molar-refractivity contribution in [2.45, 2.75) is 31.6 Å². The Balaban J connectivity index is 2.46. The molecule has 20 heavy (non-hydrogen) atoms. The zero-order chi connectivity index (χ0) is 14.9. The largest absolute Gasteiger partial charge is 0.410 e. The molecule has 1 aromatic rings. The second-order valence-electron chi connectivity index (χ2n) is 4.75. The van der Waals surface area contributed by atoms with E-state index in [1.54, 1.807) is 31.2 Å². The van der Waals surface area contributed by atoms with Gasteiger partial charge in [-0.25, -0.2) is 0 Å². The van der Waals surface area contributed by atoms with Crippen LogP contribution in [0.4, 0.5) is 24.5 Å². The minimum atomic E-state index is -4.50. The van der Waals surface area contributed by atoms with Crippen LogP contribution in [0.15, 0.2) is 24.3 Å². The lowest BCUT2D eigenvalue weighted by atomic mass is 10.0. The maximum absolute atomic E-state index is 13.3. The van der Waals surface area contributed by atoms with E-state index in [4.69, 9.17) is 5.73 Å². The average molecular weight is 287 g/mol. The molecule has 0 aliphatic carbocycles. The summed E-state index contributed by atoms with van der Waals surface area (Å²) in [4.78, 5) is 12.7. The second kappa shape index (κ2) is 5.32. The van der Waals surface area contributed by atoms with E-state index in [1.165, 1.54) is 0 Å². The number of nitrogens with two attached hydrogens (primary N) is 1. The molecule has 1 aliphatic heterocycles. The van der Waals surface area contributed by atoms with Gasteiger partial charge < -0.3 is 16.0 Å². The molecule has 4 nitrogen and oxygen atoms in total. The van der Waals surface area contributed by atoms with E-state index in [0.29, 0.717) is 11.4 Å². The van der Waals surface area contributed by atoms with Gasteiger partial charge in [-0.15, -0.1) is 0 Å². The number of carbonyl (C=O) groups is 1. The molecule has 1 aromatic carbocycles. The first kappa shape index (κ1) is 14.6. The van der Waals surface area contributed by atoms with Crippen LogP contribution in [-0.2, 0) is 4.79 Å². The van der Waals surface area contributed by atoms with Crippen LogP contribution < -0.4 is 16.0 Å². The molecule has 0 saturated carbocycles. The highest BCUT2D eigenvalue weighted by molar-refractivity contribution is 6.01. The summed E-state index contributed by atoms with van der Waals surface area (Å²) in [6.45, 7) is 1.24. The second-order valence-corrected chi connectivity index (χ2v) is 4.75. The van der Waals surface area contributed by atoms with Crippen LogP contribution in [-0.4, -0.2) is 30.7 Å². The molecule has 2 rings (SSSR count). The first-order valence-corrected chi connectivity index (χ1v) is 6.32. The molecule has 1 aliphatic rings. The molecule has 2 unspecified atom stereocenters. The molecule has 0 bridgehead atoms. The molecule has 0 fully saturated rings. The average Bonchev–Trinajstić information content (AvgIpc) is 2.36. The third kappa shape index (κ3) is 2.72. The maximum Gasteiger partial charge on any atom is 0.410 e. The van der Waals surface area contributed by atoms with Crippen LogP contribution in [0.2, 0.25) is 0 Å².